The fraction of sp³-hybridized carbons (Fsp3) is 0.338. The van der Waals surface area contributed by atoms with E-state index in [0.717, 1.165) is 83.5 Å². The van der Waals surface area contributed by atoms with Crippen molar-refractivity contribution in [3.05, 3.63) is 134 Å². The van der Waals surface area contributed by atoms with Crippen molar-refractivity contribution in [1.29, 1.82) is 5.26 Å². The molecule has 0 radical (unpaired) electrons. The van der Waals surface area contributed by atoms with Crippen LogP contribution >= 0.6 is 22.7 Å². The Morgan fingerprint density at radius 2 is 1.09 bits per heavy atom. The van der Waals surface area contributed by atoms with Gasteiger partial charge in [-0.05, 0) is 139 Å². The number of nitrogens with one attached hydrogen (secondary N) is 2. The van der Waals surface area contributed by atoms with E-state index in [1.807, 2.05) is 62.9 Å². The molecule has 2 fully saturated rings. The van der Waals surface area contributed by atoms with Gasteiger partial charge in [0.25, 0.3) is 21.9 Å². The van der Waals surface area contributed by atoms with E-state index in [1.54, 1.807) is 41.3 Å². The molecule has 0 aliphatic carbocycles. The first-order valence-electron chi connectivity index (χ1n) is 31.6. The molecule has 0 atom stereocenters. The second-order valence-electron chi connectivity index (χ2n) is 22.4. The number of hydrogen-bond acceptors (Lipinski definition) is 27. The number of nitrogens with zero attached hydrogens (tertiary/aromatic N) is 18. The maximum Gasteiger partial charge on any atom is 0.334 e. The number of thiazole rings is 2. The number of piperidine rings is 2. The molecule has 7 heterocycles. The Hall–Kier alpha value is -10.5. The quantitative estimate of drug-likeness (QED) is 0.0111. The van der Waals surface area contributed by atoms with Crippen LogP contribution in [0, 0.1) is 17.9 Å². The van der Waals surface area contributed by atoms with E-state index in [1.165, 1.54) is 24.3 Å². The SMILES string of the molecule is [C-]#[N+]/C(=C\c1sc(/N=N/c2ccc(N(CC)CC)cc2Nc2nc(Nc3cc(N(CC)CC)ccc3/N=N/c3nc(N4CCCCC4)c(/C=C(\C#N)N4C(=O)c5cccc(S(=O)(=O)O)c5C4=O)s3)nc(N(CCO)CCO)n2)nc1N1CCCCC1)N1C(=O)c2ccccc2C1=O. The van der Waals surface area contributed by atoms with E-state index >= 15 is 0 Å². The minimum atomic E-state index is -4.94. The number of amides is 4. The van der Waals surface area contributed by atoms with E-state index < -0.39 is 49.9 Å². The minimum absolute atomic E-state index is 0.00756. The zero-order chi connectivity index (χ0) is 68.5. The molecule has 4 aliphatic rings. The fourth-order valence-electron chi connectivity index (χ4n) is 11.8. The Labute approximate surface area is 567 Å². The zero-order valence-electron chi connectivity index (χ0n) is 53.5. The summed E-state index contributed by atoms with van der Waals surface area (Å²) in [6.07, 6.45) is 8.33. The lowest BCUT2D eigenvalue weighted by atomic mass is 10.1. The monoisotopic (exact) mass is 1370 g/mol. The first-order valence-corrected chi connectivity index (χ1v) is 34.7. The number of aromatic nitrogens is 5. The summed E-state index contributed by atoms with van der Waals surface area (Å²) in [6, 6.07) is 22.9. The van der Waals surface area contributed by atoms with Gasteiger partial charge in [-0.2, -0.15) is 43.5 Å². The van der Waals surface area contributed by atoms with Crippen molar-refractivity contribution >= 4 is 142 Å². The molecule has 0 bridgehead atoms. The van der Waals surface area contributed by atoms with Gasteiger partial charge in [0, 0.05) is 76.8 Å². The number of aliphatic hydroxyl groups is 2. The number of nitriles is 1. The first kappa shape index (κ1) is 67.9. The molecule has 29 nitrogen and oxygen atoms in total. The Morgan fingerprint density at radius 3 is 1.55 bits per heavy atom. The predicted octanol–water partition coefficient (Wildman–Crippen LogP) is 11.5. The molecule has 4 aliphatic heterocycles. The van der Waals surface area contributed by atoms with Crippen LogP contribution in [0.5, 0.6) is 0 Å². The van der Waals surface area contributed by atoms with Gasteiger partial charge in [0.2, 0.25) is 33.9 Å². The number of benzene rings is 4. The standard InChI is InChI=1S/C65H68N20O9S3/c1-6-79(7-2)40-23-25-46(75-77-64-70-55(81-27-14-10-15-28-81)50(95-64)37-42(39-66)84-59(90)45-21-18-22-52(97(92,93)94)54(45)60(84)91)48(35-40)68-61-72-62(74-63(73-61)83(31-33-86)32-34-87)69-49-36-41(80(8-3)9-4)24-26-47(49)76-78-65-71-56(82-29-16-11-17-30-82)51(96-65)38-53(67-5)85-57(88)43-19-12-13-20-44(43)58(85)89/h12-13,18-26,35-38,86-87H,6-11,14-17,27-34H2,1-4H3,(H,92,93,94)(H2,68,69,72,73,74)/b42-37+,53-38+,77-75+,78-76+. The number of carbonyl (C=O) groups is 4. The maximum atomic E-state index is 13.9. The summed E-state index contributed by atoms with van der Waals surface area (Å²) in [5, 5.41) is 57.0. The van der Waals surface area contributed by atoms with E-state index in [4.69, 9.17) is 41.7 Å². The highest BCUT2D eigenvalue weighted by Gasteiger charge is 2.44. The van der Waals surface area contributed by atoms with Crippen LogP contribution in [-0.4, -0.2) is 160 Å². The van der Waals surface area contributed by atoms with E-state index in [-0.39, 0.29) is 76.9 Å². The van der Waals surface area contributed by atoms with Crippen molar-refractivity contribution in [2.45, 2.75) is 71.1 Å². The van der Waals surface area contributed by atoms with Crippen LogP contribution in [0.4, 0.5) is 73.9 Å². The molecule has 0 unspecified atom stereocenters. The highest BCUT2D eigenvalue weighted by atomic mass is 32.2. The van der Waals surface area contributed by atoms with Gasteiger partial charge in [-0.25, -0.2) is 14.5 Å². The van der Waals surface area contributed by atoms with Gasteiger partial charge in [-0.1, -0.05) is 47.4 Å². The van der Waals surface area contributed by atoms with Crippen LogP contribution in [0.1, 0.15) is 117 Å². The average Bonchev–Trinajstić information content (AvgIpc) is 1.61. The van der Waals surface area contributed by atoms with E-state index in [0.29, 0.717) is 101 Å². The van der Waals surface area contributed by atoms with Gasteiger partial charge in [-0.3, -0.25) is 14.1 Å². The lowest BCUT2D eigenvalue weighted by Crippen LogP contribution is -2.31. The van der Waals surface area contributed by atoms with Crippen molar-refractivity contribution in [3.63, 3.8) is 0 Å². The molecule has 0 saturated carbocycles. The molecule has 11 rings (SSSR count). The number of carbonyl (C=O) groups excluding carboxylic acids is 4. The predicted molar refractivity (Wildman–Crippen MR) is 369 cm³/mol. The molecular weight excluding hydrogens is 1300 g/mol. The summed E-state index contributed by atoms with van der Waals surface area (Å²) in [5.41, 5.74) is 2.24. The topological polar surface area (TPSA) is 352 Å². The fourth-order valence-corrected chi connectivity index (χ4v) is 14.2. The van der Waals surface area contributed by atoms with Crippen LogP contribution in [0.3, 0.4) is 0 Å². The van der Waals surface area contributed by atoms with Gasteiger partial charge in [0.15, 0.2) is 0 Å². The molecule has 97 heavy (non-hydrogen) atoms. The van der Waals surface area contributed by atoms with Crippen LogP contribution in [-0.2, 0) is 10.1 Å². The number of azo groups is 2. The highest BCUT2D eigenvalue weighted by Crippen LogP contribution is 2.43. The summed E-state index contributed by atoms with van der Waals surface area (Å²) in [6.45, 7) is 20.9. The number of rotatable bonds is 26. The van der Waals surface area contributed by atoms with Gasteiger partial charge < -0.3 is 50.2 Å². The smallest absolute Gasteiger partial charge is 0.334 e. The number of anilines is 9. The normalized spacial score (nSPS) is 15.2. The Bertz CT molecular complexity index is 4480. The first-order chi connectivity index (χ1) is 47.0. The summed E-state index contributed by atoms with van der Waals surface area (Å²) in [5.74, 6) is -2.35. The largest absolute Gasteiger partial charge is 0.395 e. The molecular formula is C65H68N20O9S3. The molecule has 4 amide bonds. The van der Waals surface area contributed by atoms with Crippen LogP contribution in [0.2, 0.25) is 0 Å². The lowest BCUT2D eigenvalue weighted by Gasteiger charge is -2.27. The molecule has 7 aromatic rings. The van der Waals surface area contributed by atoms with Crippen molar-refractivity contribution in [2.24, 2.45) is 20.5 Å². The van der Waals surface area contributed by atoms with Crippen molar-refractivity contribution in [1.82, 2.24) is 34.7 Å². The Balaban J connectivity index is 0.958. The molecule has 0 spiro atoms. The van der Waals surface area contributed by atoms with Gasteiger partial charge >= 0.3 is 11.8 Å². The summed E-state index contributed by atoms with van der Waals surface area (Å²) < 4.78 is 34.6. The third kappa shape index (κ3) is 14.5. The van der Waals surface area contributed by atoms with E-state index in [2.05, 4.69) is 40.4 Å². The summed E-state index contributed by atoms with van der Waals surface area (Å²) in [7, 11) is -4.94. The number of imide groups is 2. The van der Waals surface area contributed by atoms with Crippen molar-refractivity contribution in [3.8, 4) is 6.07 Å². The van der Waals surface area contributed by atoms with Gasteiger partial charge in [-0.15, -0.1) is 20.5 Å². The second kappa shape index (κ2) is 30.1. The van der Waals surface area contributed by atoms with Gasteiger partial charge in [0.05, 0.1) is 56.6 Å². The average molecular weight is 1370 g/mol. The summed E-state index contributed by atoms with van der Waals surface area (Å²) >= 11 is 2.18. The van der Waals surface area contributed by atoms with Crippen molar-refractivity contribution in [2.75, 3.05) is 114 Å². The maximum absolute atomic E-state index is 13.9. The second-order valence-corrected chi connectivity index (χ2v) is 25.8. The van der Waals surface area contributed by atoms with Crippen LogP contribution in [0.15, 0.2) is 116 Å². The number of fused-ring (bicyclic) bond motifs is 2. The number of hydrogen-bond donors (Lipinski definition) is 5. The molecule has 2 saturated heterocycles. The molecule has 32 heteroatoms. The Morgan fingerprint density at radius 1 is 0.619 bits per heavy atom. The molecule has 4 aromatic carbocycles. The van der Waals surface area contributed by atoms with Crippen LogP contribution in [0.25, 0.3) is 17.0 Å². The van der Waals surface area contributed by atoms with E-state index in [9.17, 15) is 47.6 Å². The van der Waals surface area contributed by atoms with Crippen molar-refractivity contribution < 1.29 is 42.4 Å². The molecule has 5 N–H and O–H groups in total. The highest BCUT2D eigenvalue weighted by molar-refractivity contribution is 7.86. The third-order valence-electron chi connectivity index (χ3n) is 16.6. The molecule has 3 aromatic heterocycles. The number of aliphatic hydroxyl groups excluding tert-OH is 2. The number of allylic oxidation sites excluding steroid dienone is 1. The minimum Gasteiger partial charge on any atom is -0.395 e. The summed E-state index contributed by atoms with van der Waals surface area (Å²) in [4.78, 5) is 94.4. The van der Waals surface area contributed by atoms with Gasteiger partial charge in [0.1, 0.15) is 39.7 Å². The zero-order valence-corrected chi connectivity index (χ0v) is 55.9. The Kier molecular flexibility index (Phi) is 21.1. The molecule has 500 valence electrons. The third-order valence-corrected chi connectivity index (χ3v) is 19.2. The lowest BCUT2D eigenvalue weighted by molar-refractivity contribution is 0.0694. The van der Waals surface area contributed by atoms with Crippen LogP contribution < -0.4 is 35.1 Å².